The molecule has 0 heterocycles. The van der Waals surface area contributed by atoms with Gasteiger partial charge in [-0.3, -0.25) is 14.8 Å². The van der Waals surface area contributed by atoms with Crippen molar-refractivity contribution >= 4 is 17.5 Å². The van der Waals surface area contributed by atoms with E-state index in [4.69, 9.17) is 9.94 Å². The van der Waals surface area contributed by atoms with Crippen molar-refractivity contribution in [3.05, 3.63) is 59.7 Å². The molecule has 2 aromatic carbocycles. The minimum Gasteiger partial charge on any atom is -0.497 e. The summed E-state index contributed by atoms with van der Waals surface area (Å²) in [5.74, 6) is -0.101. The normalized spacial score (nSPS) is 9.95. The van der Waals surface area contributed by atoms with Crippen molar-refractivity contribution in [3.8, 4) is 5.75 Å². The second kappa shape index (κ2) is 6.73. The summed E-state index contributed by atoms with van der Waals surface area (Å²) in [6, 6.07) is 13.1. The molecule has 0 aliphatic heterocycles. The summed E-state index contributed by atoms with van der Waals surface area (Å²) in [5.41, 5.74) is 3.02. The number of nitrogens with one attached hydrogen (secondary N) is 1. The van der Waals surface area contributed by atoms with Crippen molar-refractivity contribution in [2.45, 2.75) is 0 Å². The van der Waals surface area contributed by atoms with E-state index in [0.717, 1.165) is 0 Å². The standard InChI is InChI=1S/C16H16N2O4/c1-18(13-7-3-11(4-8-13)15(19)17-21)16(20)12-5-9-14(22-2)10-6-12/h3-10,21H,1-2H3,(H,17,19). The Morgan fingerprint density at radius 3 is 2.05 bits per heavy atom. The molecule has 6 heteroatoms. The van der Waals surface area contributed by atoms with E-state index in [1.165, 1.54) is 17.0 Å². The van der Waals surface area contributed by atoms with Crippen molar-refractivity contribution in [3.63, 3.8) is 0 Å². The molecule has 114 valence electrons. The maximum absolute atomic E-state index is 12.4. The highest BCUT2D eigenvalue weighted by atomic mass is 16.5. The van der Waals surface area contributed by atoms with Crippen molar-refractivity contribution < 1.29 is 19.5 Å². The maximum atomic E-state index is 12.4. The highest BCUT2D eigenvalue weighted by molar-refractivity contribution is 6.06. The molecular formula is C16H16N2O4. The topological polar surface area (TPSA) is 78.9 Å². The molecule has 0 bridgehead atoms. The molecule has 0 aromatic heterocycles. The molecule has 0 aliphatic carbocycles. The number of hydrogen-bond donors (Lipinski definition) is 2. The number of carbonyl (C=O) groups excluding carboxylic acids is 2. The van der Waals surface area contributed by atoms with E-state index < -0.39 is 5.91 Å². The van der Waals surface area contributed by atoms with Gasteiger partial charge in [0, 0.05) is 23.9 Å². The van der Waals surface area contributed by atoms with E-state index >= 15 is 0 Å². The minimum absolute atomic E-state index is 0.179. The van der Waals surface area contributed by atoms with Gasteiger partial charge in [0.2, 0.25) is 0 Å². The average molecular weight is 300 g/mol. The molecule has 2 aromatic rings. The van der Waals surface area contributed by atoms with Crippen molar-refractivity contribution in [2.24, 2.45) is 0 Å². The van der Waals surface area contributed by atoms with Crippen LogP contribution in [0.1, 0.15) is 20.7 Å². The zero-order valence-corrected chi connectivity index (χ0v) is 12.2. The molecule has 0 saturated heterocycles. The lowest BCUT2D eigenvalue weighted by Crippen LogP contribution is -2.26. The smallest absolute Gasteiger partial charge is 0.274 e. The van der Waals surface area contributed by atoms with Crippen LogP contribution in [0, 0.1) is 0 Å². The summed E-state index contributed by atoms with van der Waals surface area (Å²) in [7, 11) is 3.21. The fourth-order valence-electron chi connectivity index (χ4n) is 1.95. The number of benzene rings is 2. The number of ether oxygens (including phenoxy) is 1. The number of carbonyl (C=O) groups is 2. The first-order chi connectivity index (χ1) is 10.6. The summed E-state index contributed by atoms with van der Waals surface area (Å²) in [6.45, 7) is 0. The van der Waals surface area contributed by atoms with E-state index in [1.54, 1.807) is 56.0 Å². The van der Waals surface area contributed by atoms with Gasteiger partial charge in [-0.15, -0.1) is 0 Å². The van der Waals surface area contributed by atoms with Gasteiger partial charge in [0.05, 0.1) is 7.11 Å². The molecular weight excluding hydrogens is 284 g/mol. The molecule has 0 unspecified atom stereocenters. The molecule has 2 amide bonds. The second-order valence-corrected chi connectivity index (χ2v) is 4.58. The van der Waals surface area contributed by atoms with Crippen LogP contribution in [0.15, 0.2) is 48.5 Å². The monoisotopic (exact) mass is 300 g/mol. The number of rotatable bonds is 4. The van der Waals surface area contributed by atoms with E-state index in [1.807, 2.05) is 0 Å². The number of hydroxylamine groups is 1. The molecule has 0 spiro atoms. The first kappa shape index (κ1) is 15.5. The van der Waals surface area contributed by atoms with Crippen LogP contribution in [-0.2, 0) is 0 Å². The molecule has 0 atom stereocenters. The third-order valence-corrected chi connectivity index (χ3v) is 3.26. The third-order valence-electron chi connectivity index (χ3n) is 3.26. The van der Waals surface area contributed by atoms with Crippen LogP contribution in [0.4, 0.5) is 5.69 Å². The number of nitrogens with zero attached hydrogens (tertiary/aromatic N) is 1. The van der Waals surface area contributed by atoms with Crippen LogP contribution >= 0.6 is 0 Å². The average Bonchev–Trinajstić information content (AvgIpc) is 2.60. The van der Waals surface area contributed by atoms with Crippen molar-refractivity contribution in [1.82, 2.24) is 5.48 Å². The summed E-state index contributed by atoms with van der Waals surface area (Å²) in [5, 5.41) is 8.57. The van der Waals surface area contributed by atoms with Gasteiger partial charge >= 0.3 is 0 Å². The quantitative estimate of drug-likeness (QED) is 0.669. The highest BCUT2D eigenvalue weighted by Gasteiger charge is 2.14. The number of amides is 2. The number of hydrogen-bond acceptors (Lipinski definition) is 4. The van der Waals surface area contributed by atoms with E-state index in [9.17, 15) is 9.59 Å². The largest absolute Gasteiger partial charge is 0.497 e. The van der Waals surface area contributed by atoms with Crippen LogP contribution in [0.5, 0.6) is 5.75 Å². The summed E-state index contributed by atoms with van der Waals surface area (Å²) in [6.07, 6.45) is 0. The van der Waals surface area contributed by atoms with Crippen LogP contribution in [0.3, 0.4) is 0 Å². The van der Waals surface area contributed by atoms with Gasteiger partial charge in [-0.05, 0) is 48.5 Å². The Bertz CT molecular complexity index is 666. The fraction of sp³-hybridized carbons (Fsp3) is 0.125. The van der Waals surface area contributed by atoms with Crippen LogP contribution in [-0.4, -0.2) is 31.2 Å². The van der Waals surface area contributed by atoms with Crippen molar-refractivity contribution in [1.29, 1.82) is 0 Å². The zero-order chi connectivity index (χ0) is 16.1. The van der Waals surface area contributed by atoms with Crippen LogP contribution in [0.2, 0.25) is 0 Å². The highest BCUT2D eigenvalue weighted by Crippen LogP contribution is 2.18. The van der Waals surface area contributed by atoms with Gasteiger partial charge in [0.1, 0.15) is 5.75 Å². The molecule has 0 saturated carbocycles. The Balaban J connectivity index is 2.17. The van der Waals surface area contributed by atoms with Gasteiger partial charge in [-0.25, -0.2) is 5.48 Å². The predicted molar refractivity (Wildman–Crippen MR) is 81.4 cm³/mol. The lowest BCUT2D eigenvalue weighted by atomic mass is 10.1. The summed E-state index contributed by atoms with van der Waals surface area (Å²) in [4.78, 5) is 25.1. The third kappa shape index (κ3) is 3.24. The summed E-state index contributed by atoms with van der Waals surface area (Å²) < 4.78 is 5.06. The summed E-state index contributed by atoms with van der Waals surface area (Å²) >= 11 is 0. The lowest BCUT2D eigenvalue weighted by Gasteiger charge is -2.17. The van der Waals surface area contributed by atoms with Gasteiger partial charge in [0.25, 0.3) is 11.8 Å². The number of methoxy groups -OCH3 is 1. The lowest BCUT2D eigenvalue weighted by molar-refractivity contribution is 0.0706. The van der Waals surface area contributed by atoms with E-state index in [2.05, 4.69) is 0 Å². The van der Waals surface area contributed by atoms with Gasteiger partial charge in [-0.2, -0.15) is 0 Å². The van der Waals surface area contributed by atoms with Gasteiger partial charge in [-0.1, -0.05) is 0 Å². The Labute approximate surface area is 127 Å². The first-order valence-corrected chi connectivity index (χ1v) is 6.53. The maximum Gasteiger partial charge on any atom is 0.274 e. The molecule has 6 nitrogen and oxygen atoms in total. The van der Waals surface area contributed by atoms with Crippen molar-refractivity contribution in [2.75, 3.05) is 19.1 Å². The molecule has 2 rings (SSSR count). The van der Waals surface area contributed by atoms with Gasteiger partial charge in [0.15, 0.2) is 0 Å². The molecule has 0 aliphatic rings. The van der Waals surface area contributed by atoms with Gasteiger partial charge < -0.3 is 9.64 Å². The Hall–Kier alpha value is -2.86. The Kier molecular flexibility index (Phi) is 4.75. The molecule has 0 radical (unpaired) electrons. The fourth-order valence-corrected chi connectivity index (χ4v) is 1.95. The molecule has 22 heavy (non-hydrogen) atoms. The van der Waals surface area contributed by atoms with E-state index in [0.29, 0.717) is 22.6 Å². The van der Waals surface area contributed by atoms with E-state index in [-0.39, 0.29) is 5.91 Å². The zero-order valence-electron chi connectivity index (χ0n) is 12.2. The Morgan fingerprint density at radius 2 is 1.55 bits per heavy atom. The molecule has 0 fully saturated rings. The first-order valence-electron chi connectivity index (χ1n) is 6.53. The number of anilines is 1. The second-order valence-electron chi connectivity index (χ2n) is 4.58. The van der Waals surface area contributed by atoms with Crippen LogP contribution in [0.25, 0.3) is 0 Å². The Morgan fingerprint density at radius 1 is 1.00 bits per heavy atom. The SMILES string of the molecule is COc1ccc(C(=O)N(C)c2ccc(C(=O)NO)cc2)cc1. The van der Waals surface area contributed by atoms with Crippen LogP contribution < -0.4 is 15.1 Å². The molecule has 2 N–H and O–H groups in total. The minimum atomic E-state index is -0.601. The predicted octanol–water partition coefficient (Wildman–Crippen LogP) is 2.09.